The first kappa shape index (κ1) is 19.6. The molecule has 9 nitrogen and oxygen atoms in total. The second-order valence-corrected chi connectivity index (χ2v) is 7.01. The number of aromatic nitrogens is 4. The number of imidazole rings is 1. The molecule has 3 rings (SSSR count). The highest BCUT2D eigenvalue weighted by molar-refractivity contribution is 5.83. The fraction of sp³-hybridized carbons (Fsp3) is 0.722. The van der Waals surface area contributed by atoms with E-state index in [4.69, 9.17) is 15.2 Å². The Hall–Kier alpha value is -2.13. The summed E-state index contributed by atoms with van der Waals surface area (Å²) in [5, 5.41) is 0. The summed E-state index contributed by atoms with van der Waals surface area (Å²) in [4.78, 5) is 18.1. The molecule has 0 unspecified atom stereocenters. The maximum Gasteiger partial charge on any atom is 0.320 e. The number of anilines is 1. The average molecular weight is 377 g/mol. The average Bonchev–Trinajstić information content (AvgIpc) is 3.02. The van der Waals surface area contributed by atoms with Gasteiger partial charge in [0.25, 0.3) is 6.01 Å². The van der Waals surface area contributed by atoms with Crippen molar-refractivity contribution in [2.45, 2.75) is 32.7 Å². The van der Waals surface area contributed by atoms with E-state index in [-0.39, 0.29) is 0 Å². The monoisotopic (exact) mass is 377 g/mol. The number of nitrogens with two attached hydrogens (primary N) is 1. The molecule has 0 saturated carbocycles. The van der Waals surface area contributed by atoms with Gasteiger partial charge < -0.3 is 25.0 Å². The maximum absolute atomic E-state index is 6.08. The van der Waals surface area contributed by atoms with E-state index in [2.05, 4.69) is 38.7 Å². The van der Waals surface area contributed by atoms with Crippen LogP contribution in [0, 0.1) is 0 Å². The van der Waals surface area contributed by atoms with E-state index in [1.165, 1.54) is 0 Å². The molecule has 27 heavy (non-hydrogen) atoms. The normalized spacial score (nSPS) is 16.1. The number of methoxy groups -OCH3 is 1. The third kappa shape index (κ3) is 4.78. The number of rotatable bonds is 9. The summed E-state index contributed by atoms with van der Waals surface area (Å²) in [6, 6.07) is 0.811. The van der Waals surface area contributed by atoms with Crippen LogP contribution in [0.15, 0.2) is 0 Å². The molecule has 0 aliphatic carbocycles. The summed E-state index contributed by atoms with van der Waals surface area (Å²) in [5.74, 6) is 0.322. The van der Waals surface area contributed by atoms with Gasteiger partial charge in [0.1, 0.15) is 0 Å². The van der Waals surface area contributed by atoms with Gasteiger partial charge in [0, 0.05) is 32.7 Å². The van der Waals surface area contributed by atoms with Crippen LogP contribution in [-0.2, 0) is 6.54 Å². The Morgan fingerprint density at radius 2 is 1.81 bits per heavy atom. The zero-order valence-corrected chi connectivity index (χ0v) is 16.6. The van der Waals surface area contributed by atoms with E-state index >= 15 is 0 Å². The predicted octanol–water partition coefficient (Wildman–Crippen LogP) is 1.23. The van der Waals surface area contributed by atoms with Gasteiger partial charge in [0.15, 0.2) is 17.0 Å². The molecule has 3 heterocycles. The van der Waals surface area contributed by atoms with Crippen LogP contribution in [0.5, 0.6) is 12.0 Å². The first-order valence-electron chi connectivity index (χ1n) is 9.73. The summed E-state index contributed by atoms with van der Waals surface area (Å²) in [5.41, 5.74) is 7.32. The second kappa shape index (κ2) is 9.18. The summed E-state index contributed by atoms with van der Waals surface area (Å²) in [6.45, 7) is 8.97. The van der Waals surface area contributed by atoms with Crippen LogP contribution in [0.25, 0.3) is 11.2 Å². The summed E-state index contributed by atoms with van der Waals surface area (Å²) in [7, 11) is 3.78. The van der Waals surface area contributed by atoms with E-state index in [0.717, 1.165) is 58.5 Å². The van der Waals surface area contributed by atoms with Crippen LogP contribution in [0.4, 0.5) is 5.82 Å². The number of hydrogen-bond donors (Lipinski definition) is 1. The number of unbranched alkanes of at least 4 members (excludes halogenated alkanes) is 1. The standard InChI is InChI=1S/C18H31N7O2/c1-4-5-13-27-17-21-15(19)14-16(22-17)25(18(20-14)26-3)8-6-7-24-11-9-23(2)10-12-24/h4-13H2,1-3H3,(H2,19,21,22). The van der Waals surface area contributed by atoms with Crippen molar-refractivity contribution in [3.8, 4) is 12.0 Å². The molecule has 0 atom stereocenters. The van der Waals surface area contributed by atoms with Gasteiger partial charge >= 0.3 is 6.01 Å². The maximum atomic E-state index is 6.08. The second-order valence-electron chi connectivity index (χ2n) is 7.01. The summed E-state index contributed by atoms with van der Waals surface area (Å²) >= 11 is 0. The predicted molar refractivity (Wildman–Crippen MR) is 105 cm³/mol. The molecule has 2 N–H and O–H groups in total. The van der Waals surface area contributed by atoms with Crippen LogP contribution in [0.3, 0.4) is 0 Å². The Kier molecular flexibility index (Phi) is 6.68. The molecule has 1 aliphatic rings. The lowest BCUT2D eigenvalue weighted by Crippen LogP contribution is -2.44. The summed E-state index contributed by atoms with van der Waals surface area (Å²) < 4.78 is 13.1. The molecular formula is C18H31N7O2. The lowest BCUT2D eigenvalue weighted by molar-refractivity contribution is 0.151. The van der Waals surface area contributed by atoms with Gasteiger partial charge in [-0.1, -0.05) is 13.3 Å². The molecule has 150 valence electrons. The van der Waals surface area contributed by atoms with E-state index in [0.29, 0.717) is 35.6 Å². The molecule has 0 bridgehead atoms. The van der Waals surface area contributed by atoms with Crippen LogP contribution < -0.4 is 15.2 Å². The largest absolute Gasteiger partial charge is 0.468 e. The number of hydrogen-bond acceptors (Lipinski definition) is 8. The minimum absolute atomic E-state index is 0.302. The molecule has 0 amide bonds. The van der Waals surface area contributed by atoms with Crippen molar-refractivity contribution < 1.29 is 9.47 Å². The Morgan fingerprint density at radius 3 is 2.52 bits per heavy atom. The molecule has 0 aromatic carbocycles. The highest BCUT2D eigenvalue weighted by Gasteiger charge is 2.19. The number of aryl methyl sites for hydroxylation is 1. The molecule has 2 aromatic rings. The number of piperazine rings is 1. The zero-order valence-electron chi connectivity index (χ0n) is 16.6. The van der Waals surface area contributed by atoms with Gasteiger partial charge in [-0.15, -0.1) is 0 Å². The lowest BCUT2D eigenvalue weighted by atomic mass is 10.3. The summed E-state index contributed by atoms with van der Waals surface area (Å²) in [6.07, 6.45) is 2.99. The third-order valence-electron chi connectivity index (χ3n) is 4.93. The van der Waals surface area contributed by atoms with E-state index < -0.39 is 0 Å². The smallest absolute Gasteiger partial charge is 0.320 e. The molecule has 9 heteroatoms. The van der Waals surface area contributed by atoms with Crippen LogP contribution in [0.1, 0.15) is 26.2 Å². The van der Waals surface area contributed by atoms with E-state index in [9.17, 15) is 0 Å². The minimum atomic E-state index is 0.302. The topological polar surface area (TPSA) is 94.6 Å². The number of likely N-dealkylation sites (N-methyl/N-ethyl adjacent to an activating group) is 1. The van der Waals surface area contributed by atoms with E-state index in [1.54, 1.807) is 7.11 Å². The third-order valence-corrected chi connectivity index (χ3v) is 4.93. The molecular weight excluding hydrogens is 346 g/mol. The lowest BCUT2D eigenvalue weighted by Gasteiger charge is -2.32. The highest BCUT2D eigenvalue weighted by atomic mass is 16.5. The quantitative estimate of drug-likeness (QED) is 0.652. The van der Waals surface area contributed by atoms with Crippen molar-refractivity contribution in [2.24, 2.45) is 0 Å². The molecule has 0 spiro atoms. The zero-order chi connectivity index (χ0) is 19.2. The van der Waals surface area contributed by atoms with Crippen LogP contribution in [0.2, 0.25) is 0 Å². The fourth-order valence-corrected chi connectivity index (χ4v) is 3.23. The molecule has 0 radical (unpaired) electrons. The first-order valence-corrected chi connectivity index (χ1v) is 9.73. The number of ether oxygens (including phenoxy) is 2. The van der Waals surface area contributed by atoms with Crippen molar-refractivity contribution in [1.29, 1.82) is 0 Å². The first-order chi connectivity index (χ1) is 13.1. The van der Waals surface area contributed by atoms with Gasteiger partial charge in [0.2, 0.25) is 0 Å². The Balaban J connectivity index is 1.72. The van der Waals surface area contributed by atoms with Gasteiger partial charge in [0.05, 0.1) is 13.7 Å². The Morgan fingerprint density at radius 1 is 1.04 bits per heavy atom. The number of fused-ring (bicyclic) bond motifs is 1. The molecule has 2 aromatic heterocycles. The van der Waals surface area contributed by atoms with Crippen LogP contribution in [-0.4, -0.2) is 82.8 Å². The van der Waals surface area contributed by atoms with Crippen molar-refractivity contribution >= 4 is 17.0 Å². The van der Waals surface area contributed by atoms with Crippen LogP contribution >= 0.6 is 0 Å². The van der Waals surface area contributed by atoms with Crippen molar-refractivity contribution in [2.75, 3.05) is 59.2 Å². The van der Waals surface area contributed by atoms with E-state index in [1.807, 2.05) is 4.57 Å². The van der Waals surface area contributed by atoms with Crippen molar-refractivity contribution in [3.05, 3.63) is 0 Å². The Bertz CT molecular complexity index is 741. The minimum Gasteiger partial charge on any atom is -0.468 e. The van der Waals surface area contributed by atoms with Gasteiger partial charge in [-0.05, 0) is 26.4 Å². The SMILES string of the molecule is CCCCOc1nc(N)c2nc(OC)n(CCCN3CCN(C)CC3)c2n1. The Labute approximate surface area is 160 Å². The molecule has 1 saturated heterocycles. The van der Waals surface area contributed by atoms with Gasteiger partial charge in [-0.2, -0.15) is 15.0 Å². The highest BCUT2D eigenvalue weighted by Crippen LogP contribution is 2.25. The number of nitrogens with zero attached hydrogens (tertiary/aromatic N) is 6. The fourth-order valence-electron chi connectivity index (χ4n) is 3.23. The molecule has 1 fully saturated rings. The van der Waals surface area contributed by atoms with Crippen molar-refractivity contribution in [1.82, 2.24) is 29.3 Å². The number of nitrogen functional groups attached to an aromatic ring is 1. The van der Waals surface area contributed by atoms with Crippen molar-refractivity contribution in [3.63, 3.8) is 0 Å². The van der Waals surface area contributed by atoms with Gasteiger partial charge in [-0.25, -0.2) is 0 Å². The molecule has 1 aliphatic heterocycles. The van der Waals surface area contributed by atoms with Gasteiger partial charge in [-0.3, -0.25) is 4.57 Å².